The molecule has 0 spiro atoms. The van der Waals surface area contributed by atoms with Gasteiger partial charge in [0.25, 0.3) is 0 Å². The van der Waals surface area contributed by atoms with Crippen LogP contribution in [0, 0.1) is 0 Å². The first kappa shape index (κ1) is 18.0. The molecule has 0 bridgehead atoms. The van der Waals surface area contributed by atoms with Crippen molar-refractivity contribution in [1.29, 1.82) is 0 Å². The average Bonchev–Trinajstić information content (AvgIpc) is 2.53. The lowest BCUT2D eigenvalue weighted by Crippen LogP contribution is -2.09. The Bertz CT molecular complexity index is 469. The zero-order valence-electron chi connectivity index (χ0n) is 13.2. The number of benzene rings is 1. The summed E-state index contributed by atoms with van der Waals surface area (Å²) in [6.45, 7) is 2.86. The van der Waals surface area contributed by atoms with Crippen LogP contribution in [0.2, 0.25) is 0 Å². The third-order valence-electron chi connectivity index (χ3n) is 3.58. The van der Waals surface area contributed by atoms with E-state index < -0.39 is 5.97 Å². The van der Waals surface area contributed by atoms with Gasteiger partial charge in [-0.25, -0.2) is 4.79 Å². The molecule has 122 valence electrons. The number of carboxylic acids is 1. The fourth-order valence-corrected chi connectivity index (χ4v) is 2.24. The number of oxime groups is 1. The van der Waals surface area contributed by atoms with Crippen LogP contribution in [0.3, 0.4) is 0 Å². The lowest BCUT2D eigenvalue weighted by molar-refractivity contribution is 0.0697. The molecule has 0 aliphatic carbocycles. The maximum atomic E-state index is 10.8. The van der Waals surface area contributed by atoms with Crippen molar-refractivity contribution >= 4 is 17.4 Å². The molecule has 5 nitrogen and oxygen atoms in total. The smallest absolute Gasteiger partial charge is 0.335 e. The summed E-state index contributed by atoms with van der Waals surface area (Å²) in [4.78, 5) is 10.8. The van der Waals surface area contributed by atoms with E-state index in [2.05, 4.69) is 17.4 Å². The van der Waals surface area contributed by atoms with Gasteiger partial charge in [-0.3, -0.25) is 0 Å². The van der Waals surface area contributed by atoms with E-state index in [-0.39, 0.29) is 5.56 Å². The van der Waals surface area contributed by atoms with Crippen LogP contribution >= 0.6 is 0 Å². The minimum atomic E-state index is -0.927. The summed E-state index contributed by atoms with van der Waals surface area (Å²) in [6.07, 6.45) is 7.49. The van der Waals surface area contributed by atoms with Crippen LogP contribution in [-0.2, 0) is 0 Å². The summed E-state index contributed by atoms with van der Waals surface area (Å²) >= 11 is 0. The normalized spacial score (nSPS) is 11.4. The SMILES string of the molecule is CCCCCCC/C(CCNc1ccc(C(=O)O)cc1)=N/O. The quantitative estimate of drug-likeness (QED) is 0.245. The fraction of sp³-hybridized carbons (Fsp3) is 0.529. The van der Waals surface area contributed by atoms with Gasteiger partial charge >= 0.3 is 5.97 Å². The summed E-state index contributed by atoms with van der Waals surface area (Å²) in [5, 5.41) is 24.4. The zero-order chi connectivity index (χ0) is 16.2. The van der Waals surface area contributed by atoms with Crippen molar-refractivity contribution in [3.8, 4) is 0 Å². The lowest BCUT2D eigenvalue weighted by atomic mass is 10.1. The van der Waals surface area contributed by atoms with Gasteiger partial charge in [0.05, 0.1) is 11.3 Å². The molecule has 0 aliphatic rings. The second-order valence-electron chi connectivity index (χ2n) is 5.39. The summed E-state index contributed by atoms with van der Waals surface area (Å²) in [5.74, 6) is -0.927. The molecule has 0 fully saturated rings. The van der Waals surface area contributed by atoms with Crippen LogP contribution in [-0.4, -0.2) is 28.5 Å². The minimum Gasteiger partial charge on any atom is -0.478 e. The summed E-state index contributed by atoms with van der Waals surface area (Å²) in [5.41, 5.74) is 1.95. The standard InChI is InChI=1S/C17H26N2O3/c1-2-3-4-5-6-7-16(19-22)12-13-18-15-10-8-14(9-11-15)17(20)21/h8-11,18,22H,2-7,12-13H2,1H3,(H,20,21)/b19-16-. The third kappa shape index (κ3) is 7.11. The first-order valence-electron chi connectivity index (χ1n) is 7.94. The van der Waals surface area contributed by atoms with E-state index in [9.17, 15) is 4.79 Å². The van der Waals surface area contributed by atoms with Gasteiger partial charge in [-0.1, -0.05) is 37.8 Å². The fourth-order valence-electron chi connectivity index (χ4n) is 2.24. The largest absolute Gasteiger partial charge is 0.478 e. The van der Waals surface area contributed by atoms with Crippen molar-refractivity contribution in [2.45, 2.75) is 51.9 Å². The number of unbranched alkanes of at least 4 members (excludes halogenated alkanes) is 4. The highest BCUT2D eigenvalue weighted by Crippen LogP contribution is 2.11. The highest BCUT2D eigenvalue weighted by atomic mass is 16.4. The highest BCUT2D eigenvalue weighted by Gasteiger charge is 2.03. The monoisotopic (exact) mass is 306 g/mol. The third-order valence-corrected chi connectivity index (χ3v) is 3.58. The molecule has 0 atom stereocenters. The van der Waals surface area contributed by atoms with E-state index in [0.717, 1.165) is 24.2 Å². The van der Waals surface area contributed by atoms with Gasteiger partial charge in [-0.15, -0.1) is 0 Å². The van der Waals surface area contributed by atoms with Crippen molar-refractivity contribution < 1.29 is 15.1 Å². The molecule has 0 heterocycles. The van der Waals surface area contributed by atoms with Crippen LogP contribution in [0.5, 0.6) is 0 Å². The van der Waals surface area contributed by atoms with Crippen LogP contribution in [0.4, 0.5) is 5.69 Å². The lowest BCUT2D eigenvalue weighted by Gasteiger charge is -2.08. The predicted molar refractivity (Wildman–Crippen MR) is 89.1 cm³/mol. The topological polar surface area (TPSA) is 81.9 Å². The Hall–Kier alpha value is -2.04. The number of hydrogen-bond donors (Lipinski definition) is 3. The minimum absolute atomic E-state index is 0.273. The Labute approximate surface area is 132 Å². The Kier molecular flexibility index (Phi) is 8.72. The molecule has 22 heavy (non-hydrogen) atoms. The number of carbonyl (C=O) groups is 1. The molecule has 1 rings (SSSR count). The van der Waals surface area contributed by atoms with E-state index in [0.29, 0.717) is 13.0 Å². The molecule has 0 aromatic heterocycles. The van der Waals surface area contributed by atoms with Gasteiger partial charge in [0.1, 0.15) is 0 Å². The Balaban J connectivity index is 2.25. The average molecular weight is 306 g/mol. The summed E-state index contributed by atoms with van der Waals surface area (Å²) in [6, 6.07) is 6.62. The first-order chi connectivity index (χ1) is 10.7. The number of nitrogens with one attached hydrogen (secondary N) is 1. The van der Waals surface area contributed by atoms with Crippen LogP contribution in [0.1, 0.15) is 62.2 Å². The van der Waals surface area contributed by atoms with Gasteiger partial charge in [-0.05, 0) is 37.1 Å². The van der Waals surface area contributed by atoms with Gasteiger partial charge < -0.3 is 15.6 Å². The summed E-state index contributed by atoms with van der Waals surface area (Å²) in [7, 11) is 0. The molecule has 0 saturated heterocycles. The van der Waals surface area contributed by atoms with E-state index in [1.165, 1.54) is 25.7 Å². The Morgan fingerprint density at radius 2 is 1.77 bits per heavy atom. The molecule has 0 unspecified atom stereocenters. The molecular weight excluding hydrogens is 280 g/mol. The number of rotatable bonds is 11. The first-order valence-corrected chi connectivity index (χ1v) is 7.94. The molecule has 0 aliphatic heterocycles. The van der Waals surface area contributed by atoms with Crippen molar-refractivity contribution in [2.75, 3.05) is 11.9 Å². The van der Waals surface area contributed by atoms with Crippen molar-refractivity contribution in [2.24, 2.45) is 5.16 Å². The molecule has 1 aromatic carbocycles. The number of hydrogen-bond acceptors (Lipinski definition) is 4. The molecule has 0 saturated carbocycles. The predicted octanol–water partition coefficient (Wildman–Crippen LogP) is 4.38. The summed E-state index contributed by atoms with van der Waals surface area (Å²) < 4.78 is 0. The maximum absolute atomic E-state index is 10.8. The van der Waals surface area contributed by atoms with Gasteiger partial charge in [0.15, 0.2) is 0 Å². The molecule has 5 heteroatoms. The van der Waals surface area contributed by atoms with Crippen LogP contribution in [0.25, 0.3) is 0 Å². The van der Waals surface area contributed by atoms with E-state index in [4.69, 9.17) is 10.3 Å². The maximum Gasteiger partial charge on any atom is 0.335 e. The van der Waals surface area contributed by atoms with Crippen molar-refractivity contribution in [1.82, 2.24) is 0 Å². The van der Waals surface area contributed by atoms with Gasteiger partial charge in [0.2, 0.25) is 0 Å². The Morgan fingerprint density at radius 3 is 2.36 bits per heavy atom. The second kappa shape index (κ2) is 10.7. The second-order valence-corrected chi connectivity index (χ2v) is 5.39. The van der Waals surface area contributed by atoms with E-state index >= 15 is 0 Å². The van der Waals surface area contributed by atoms with Crippen molar-refractivity contribution in [3.05, 3.63) is 29.8 Å². The molecule has 0 radical (unpaired) electrons. The zero-order valence-corrected chi connectivity index (χ0v) is 13.2. The van der Waals surface area contributed by atoms with Crippen molar-refractivity contribution in [3.63, 3.8) is 0 Å². The number of anilines is 1. The number of carboxylic acid groups (broad SMARTS) is 1. The van der Waals surface area contributed by atoms with Gasteiger partial charge in [0, 0.05) is 18.7 Å². The van der Waals surface area contributed by atoms with Gasteiger partial charge in [-0.2, -0.15) is 0 Å². The number of nitrogens with zero attached hydrogens (tertiary/aromatic N) is 1. The number of aromatic carboxylic acids is 1. The Morgan fingerprint density at radius 1 is 1.09 bits per heavy atom. The van der Waals surface area contributed by atoms with Crippen LogP contribution in [0.15, 0.2) is 29.4 Å². The van der Waals surface area contributed by atoms with Crippen LogP contribution < -0.4 is 5.32 Å². The molecule has 0 amide bonds. The molecule has 1 aromatic rings. The highest BCUT2D eigenvalue weighted by molar-refractivity contribution is 5.88. The molecule has 3 N–H and O–H groups in total. The molecular formula is C17H26N2O3. The van der Waals surface area contributed by atoms with E-state index in [1.54, 1.807) is 24.3 Å². The van der Waals surface area contributed by atoms with E-state index in [1.807, 2.05) is 0 Å².